The molecular weight excluding hydrogens is 440 g/mol. The van der Waals surface area contributed by atoms with Crippen molar-refractivity contribution in [2.75, 3.05) is 12.0 Å². The Hall–Kier alpha value is -3.93. The SMILES string of the molecule is CCc1ccc(N2C(=O)C(=O)/C(=C(/O)c3cc(C(C)(C)C)ccc3OC)C2c2cccnc2)cc1. The minimum absolute atomic E-state index is 0.00641. The molecule has 1 amide bonds. The highest BCUT2D eigenvalue weighted by molar-refractivity contribution is 6.51. The Bertz CT molecular complexity index is 1290. The average molecular weight is 471 g/mol. The summed E-state index contributed by atoms with van der Waals surface area (Å²) in [6, 6.07) is 15.8. The summed E-state index contributed by atoms with van der Waals surface area (Å²) in [5.74, 6) is -1.30. The van der Waals surface area contributed by atoms with Crippen LogP contribution in [0.3, 0.4) is 0 Å². The van der Waals surface area contributed by atoms with Crippen molar-refractivity contribution < 1.29 is 19.4 Å². The summed E-state index contributed by atoms with van der Waals surface area (Å²) in [6.07, 6.45) is 4.09. The second-order valence-corrected chi connectivity index (χ2v) is 9.64. The van der Waals surface area contributed by atoms with E-state index in [9.17, 15) is 14.7 Å². The molecule has 3 aromatic rings. The van der Waals surface area contributed by atoms with Crippen LogP contribution < -0.4 is 9.64 Å². The van der Waals surface area contributed by atoms with Crippen molar-refractivity contribution in [3.8, 4) is 5.75 Å². The molecular formula is C29H30N2O4. The van der Waals surface area contributed by atoms with Gasteiger partial charge in [-0.1, -0.05) is 52.0 Å². The van der Waals surface area contributed by atoms with Crippen LogP contribution in [0, 0.1) is 0 Å². The number of hydrogen-bond acceptors (Lipinski definition) is 5. The Morgan fingerprint density at radius 3 is 2.37 bits per heavy atom. The molecule has 0 bridgehead atoms. The third-order valence-electron chi connectivity index (χ3n) is 6.39. The number of Topliss-reactive ketones (excluding diaryl/α,β-unsaturated/α-hetero) is 1. The van der Waals surface area contributed by atoms with Gasteiger partial charge in [-0.3, -0.25) is 19.5 Å². The molecule has 1 atom stereocenters. The molecule has 4 rings (SSSR count). The van der Waals surface area contributed by atoms with Crippen molar-refractivity contribution in [1.82, 2.24) is 4.98 Å². The van der Waals surface area contributed by atoms with Crippen LogP contribution in [0.2, 0.25) is 0 Å². The maximum absolute atomic E-state index is 13.4. The first-order valence-corrected chi connectivity index (χ1v) is 11.7. The fourth-order valence-corrected chi connectivity index (χ4v) is 4.35. The Kier molecular flexibility index (Phi) is 6.48. The molecule has 180 valence electrons. The van der Waals surface area contributed by atoms with Crippen LogP contribution in [-0.4, -0.2) is 28.9 Å². The predicted molar refractivity (Wildman–Crippen MR) is 137 cm³/mol. The lowest BCUT2D eigenvalue weighted by Crippen LogP contribution is -2.29. The number of aliphatic hydroxyl groups excluding tert-OH is 1. The van der Waals surface area contributed by atoms with Crippen molar-refractivity contribution in [3.63, 3.8) is 0 Å². The Labute approximate surface area is 205 Å². The van der Waals surface area contributed by atoms with E-state index in [0.717, 1.165) is 17.5 Å². The molecule has 1 aliphatic heterocycles. The number of ether oxygens (including phenoxy) is 1. The van der Waals surface area contributed by atoms with Gasteiger partial charge in [-0.15, -0.1) is 0 Å². The van der Waals surface area contributed by atoms with Gasteiger partial charge in [0.05, 0.1) is 24.3 Å². The number of anilines is 1. The molecule has 0 radical (unpaired) electrons. The number of aliphatic hydroxyl groups is 1. The second kappa shape index (κ2) is 9.37. The van der Waals surface area contributed by atoms with Gasteiger partial charge in [0, 0.05) is 18.1 Å². The van der Waals surface area contributed by atoms with Gasteiger partial charge in [0.1, 0.15) is 11.5 Å². The number of nitrogens with zero attached hydrogens (tertiary/aromatic N) is 2. The minimum Gasteiger partial charge on any atom is -0.507 e. The van der Waals surface area contributed by atoms with Crippen LogP contribution in [0.15, 0.2) is 72.6 Å². The summed E-state index contributed by atoms with van der Waals surface area (Å²) in [5.41, 5.74) is 3.46. The zero-order valence-electron chi connectivity index (χ0n) is 20.7. The van der Waals surface area contributed by atoms with Gasteiger partial charge >= 0.3 is 0 Å². The van der Waals surface area contributed by atoms with Crippen LogP contribution >= 0.6 is 0 Å². The molecule has 1 aromatic heterocycles. The molecule has 1 fully saturated rings. The molecule has 35 heavy (non-hydrogen) atoms. The van der Waals surface area contributed by atoms with Crippen LogP contribution in [0.4, 0.5) is 5.69 Å². The Balaban J connectivity index is 1.96. The molecule has 6 heteroatoms. The van der Waals surface area contributed by atoms with Gasteiger partial charge in [-0.25, -0.2) is 0 Å². The minimum atomic E-state index is -0.834. The fraction of sp³-hybridized carbons (Fsp3) is 0.276. The van der Waals surface area contributed by atoms with Gasteiger partial charge < -0.3 is 9.84 Å². The van der Waals surface area contributed by atoms with Gasteiger partial charge in [-0.2, -0.15) is 0 Å². The summed E-state index contributed by atoms with van der Waals surface area (Å²) < 4.78 is 5.52. The number of ketones is 1. The number of amides is 1. The third kappa shape index (κ3) is 4.44. The summed E-state index contributed by atoms with van der Waals surface area (Å²) in [5, 5.41) is 11.6. The van der Waals surface area contributed by atoms with E-state index in [1.165, 1.54) is 12.0 Å². The number of rotatable bonds is 5. The lowest BCUT2D eigenvalue weighted by Gasteiger charge is -2.26. The van der Waals surface area contributed by atoms with Crippen molar-refractivity contribution >= 4 is 23.1 Å². The quantitative estimate of drug-likeness (QED) is 0.299. The summed E-state index contributed by atoms with van der Waals surface area (Å²) in [6.45, 7) is 8.24. The molecule has 1 unspecified atom stereocenters. The average Bonchev–Trinajstić information content (AvgIpc) is 3.13. The number of pyridine rings is 1. The van der Waals surface area contributed by atoms with E-state index in [-0.39, 0.29) is 16.7 Å². The van der Waals surface area contributed by atoms with Crippen LogP contribution in [-0.2, 0) is 21.4 Å². The fourth-order valence-electron chi connectivity index (χ4n) is 4.35. The lowest BCUT2D eigenvalue weighted by molar-refractivity contribution is -0.132. The topological polar surface area (TPSA) is 79.7 Å². The van der Waals surface area contributed by atoms with Crippen molar-refractivity contribution in [2.45, 2.75) is 45.6 Å². The molecule has 2 heterocycles. The maximum Gasteiger partial charge on any atom is 0.300 e. The zero-order chi connectivity index (χ0) is 25.3. The van der Waals surface area contributed by atoms with Gasteiger partial charge in [0.15, 0.2) is 0 Å². The molecule has 6 nitrogen and oxygen atoms in total. The van der Waals surface area contributed by atoms with Crippen LogP contribution in [0.1, 0.15) is 56.0 Å². The molecule has 0 aliphatic carbocycles. The monoisotopic (exact) mass is 470 g/mol. The van der Waals surface area contributed by atoms with Crippen molar-refractivity contribution in [3.05, 3.63) is 94.8 Å². The van der Waals surface area contributed by atoms with E-state index >= 15 is 0 Å². The third-order valence-corrected chi connectivity index (χ3v) is 6.39. The predicted octanol–water partition coefficient (Wildman–Crippen LogP) is 5.58. The largest absolute Gasteiger partial charge is 0.507 e. The first kappa shape index (κ1) is 24.2. The number of aryl methyl sites for hydroxylation is 1. The summed E-state index contributed by atoms with van der Waals surface area (Å²) in [4.78, 5) is 32.4. The zero-order valence-corrected chi connectivity index (χ0v) is 20.7. The van der Waals surface area contributed by atoms with Gasteiger partial charge in [-0.05, 0) is 58.9 Å². The Morgan fingerprint density at radius 1 is 1.09 bits per heavy atom. The highest BCUT2D eigenvalue weighted by Crippen LogP contribution is 2.43. The van der Waals surface area contributed by atoms with Crippen LogP contribution in [0.5, 0.6) is 5.75 Å². The number of methoxy groups -OCH3 is 1. The van der Waals surface area contributed by atoms with Crippen molar-refractivity contribution in [1.29, 1.82) is 0 Å². The molecule has 0 spiro atoms. The van der Waals surface area contributed by atoms with Gasteiger partial charge in [0.2, 0.25) is 0 Å². The molecule has 0 saturated carbocycles. The number of aromatic nitrogens is 1. The number of carbonyl (C=O) groups excluding carboxylic acids is 2. The van der Waals surface area contributed by atoms with E-state index in [0.29, 0.717) is 22.6 Å². The summed E-state index contributed by atoms with van der Waals surface area (Å²) in [7, 11) is 1.51. The second-order valence-electron chi connectivity index (χ2n) is 9.64. The van der Waals surface area contributed by atoms with E-state index < -0.39 is 17.7 Å². The van der Waals surface area contributed by atoms with Gasteiger partial charge in [0.25, 0.3) is 11.7 Å². The molecule has 2 aromatic carbocycles. The maximum atomic E-state index is 13.4. The Morgan fingerprint density at radius 2 is 1.80 bits per heavy atom. The molecule has 1 N–H and O–H groups in total. The first-order chi connectivity index (χ1) is 16.7. The van der Waals surface area contributed by atoms with E-state index in [4.69, 9.17) is 4.74 Å². The normalized spacial score (nSPS) is 17.6. The van der Waals surface area contributed by atoms with E-state index in [1.807, 2.05) is 36.4 Å². The first-order valence-electron chi connectivity index (χ1n) is 11.7. The molecule has 1 aliphatic rings. The molecule has 1 saturated heterocycles. The number of carbonyl (C=O) groups is 2. The lowest BCUT2D eigenvalue weighted by atomic mass is 9.85. The van der Waals surface area contributed by atoms with E-state index in [2.05, 4.69) is 32.7 Å². The standard InChI is InChI=1S/C29H30N2O4/c1-6-18-9-12-21(13-10-18)31-25(19-8-7-15-30-17-19)24(27(33)28(31)34)26(32)22-16-20(29(2,3)4)11-14-23(22)35-5/h7-17,25,32H,6H2,1-5H3/b26-24+. The van der Waals surface area contributed by atoms with E-state index in [1.54, 1.807) is 30.6 Å². The highest BCUT2D eigenvalue weighted by Gasteiger charge is 2.47. The summed E-state index contributed by atoms with van der Waals surface area (Å²) >= 11 is 0. The van der Waals surface area contributed by atoms with Crippen LogP contribution in [0.25, 0.3) is 5.76 Å². The number of hydrogen-bond donors (Lipinski definition) is 1. The van der Waals surface area contributed by atoms with Crippen molar-refractivity contribution in [2.24, 2.45) is 0 Å². The smallest absolute Gasteiger partial charge is 0.300 e. The highest BCUT2D eigenvalue weighted by atomic mass is 16.5. The number of benzene rings is 2.